The summed E-state index contributed by atoms with van der Waals surface area (Å²) >= 11 is 0. The predicted molar refractivity (Wildman–Crippen MR) is 95.7 cm³/mol. The van der Waals surface area contributed by atoms with E-state index in [1.807, 2.05) is 4.90 Å². The largest absolute Gasteiger partial charge is 0.496 e. The number of carbonyl (C=O) groups is 1. The number of carbonyl (C=O) groups excluding carboxylic acids is 1. The Kier molecular flexibility index (Phi) is 3.79. The Morgan fingerprint density at radius 3 is 2.58 bits per heavy atom. The van der Waals surface area contributed by atoms with Gasteiger partial charge in [0.15, 0.2) is 0 Å². The highest BCUT2D eigenvalue weighted by atomic mass is 16.5. The van der Waals surface area contributed by atoms with Gasteiger partial charge in [-0.05, 0) is 72.6 Å². The zero-order chi connectivity index (χ0) is 16.7. The zero-order valence-corrected chi connectivity index (χ0v) is 14.3. The van der Waals surface area contributed by atoms with E-state index < -0.39 is 0 Å². The molecule has 0 aromatic heterocycles. The van der Waals surface area contributed by atoms with E-state index >= 15 is 0 Å². The number of aryl methyl sites for hydroxylation is 1. The number of methoxy groups -OCH3 is 1. The van der Waals surface area contributed by atoms with E-state index in [2.05, 4.69) is 43.3 Å². The number of anilines is 1. The van der Waals surface area contributed by atoms with Crippen LogP contribution >= 0.6 is 0 Å². The first-order valence-corrected chi connectivity index (χ1v) is 8.69. The quantitative estimate of drug-likeness (QED) is 0.804. The summed E-state index contributed by atoms with van der Waals surface area (Å²) in [5.41, 5.74) is 6.48. The van der Waals surface area contributed by atoms with Gasteiger partial charge >= 0.3 is 0 Å². The third-order valence-electron chi connectivity index (χ3n) is 5.29. The number of hydrogen-bond acceptors (Lipinski definition) is 2. The molecular formula is C21H23NO2. The normalized spacial score (nSPS) is 19.2. The molecule has 0 N–H and O–H groups in total. The lowest BCUT2D eigenvalue weighted by atomic mass is 9.96. The third-order valence-corrected chi connectivity index (χ3v) is 5.29. The number of nitrogens with zero attached hydrogens (tertiary/aromatic N) is 1. The maximum absolute atomic E-state index is 11.5. The van der Waals surface area contributed by atoms with Crippen LogP contribution in [0.25, 0.3) is 0 Å². The lowest BCUT2D eigenvalue weighted by molar-refractivity contribution is -0.122. The fourth-order valence-electron chi connectivity index (χ4n) is 4.00. The average Bonchev–Trinajstić information content (AvgIpc) is 2.96. The van der Waals surface area contributed by atoms with E-state index in [1.165, 1.54) is 22.3 Å². The van der Waals surface area contributed by atoms with Crippen LogP contribution in [0.3, 0.4) is 0 Å². The maximum Gasteiger partial charge on any atom is 0.228 e. The number of amides is 1. The average molecular weight is 321 g/mol. The number of fused-ring (bicyclic) bond motifs is 1. The number of benzene rings is 2. The molecule has 1 saturated heterocycles. The maximum atomic E-state index is 11.5. The molecule has 3 nitrogen and oxygen atoms in total. The summed E-state index contributed by atoms with van der Waals surface area (Å²) in [7, 11) is 1.76. The van der Waals surface area contributed by atoms with Crippen molar-refractivity contribution in [2.75, 3.05) is 18.6 Å². The summed E-state index contributed by atoms with van der Waals surface area (Å²) in [6.45, 7) is 2.99. The van der Waals surface area contributed by atoms with Crippen LogP contribution in [0.2, 0.25) is 0 Å². The SMILES string of the molecule is COc1cc(C)cc2c1CC(Cc1ccc(N3CCC3=O)cc1)C2. The summed E-state index contributed by atoms with van der Waals surface area (Å²) in [6.07, 6.45) is 3.97. The zero-order valence-electron chi connectivity index (χ0n) is 14.3. The van der Waals surface area contributed by atoms with Gasteiger partial charge in [0.05, 0.1) is 7.11 Å². The van der Waals surface area contributed by atoms with Gasteiger partial charge in [-0.3, -0.25) is 4.79 Å². The van der Waals surface area contributed by atoms with E-state index in [1.54, 1.807) is 7.11 Å². The second-order valence-electron chi connectivity index (χ2n) is 7.05. The monoisotopic (exact) mass is 321 g/mol. The van der Waals surface area contributed by atoms with Crippen LogP contribution in [0.15, 0.2) is 36.4 Å². The minimum Gasteiger partial charge on any atom is -0.496 e. The van der Waals surface area contributed by atoms with Crippen LogP contribution in [-0.4, -0.2) is 19.6 Å². The van der Waals surface area contributed by atoms with E-state index in [9.17, 15) is 4.79 Å². The first kappa shape index (κ1) is 15.3. The molecule has 1 amide bonds. The van der Waals surface area contributed by atoms with Gasteiger partial charge in [0.1, 0.15) is 5.75 Å². The van der Waals surface area contributed by atoms with E-state index in [4.69, 9.17) is 4.74 Å². The molecule has 2 aromatic carbocycles. The van der Waals surface area contributed by atoms with Crippen LogP contribution in [0.5, 0.6) is 5.75 Å². The molecule has 4 rings (SSSR count). The molecule has 0 radical (unpaired) electrons. The highest BCUT2D eigenvalue weighted by Gasteiger charge is 2.26. The molecule has 0 bridgehead atoms. The van der Waals surface area contributed by atoms with Crippen LogP contribution in [0, 0.1) is 12.8 Å². The van der Waals surface area contributed by atoms with E-state index in [-0.39, 0.29) is 5.91 Å². The minimum atomic E-state index is 0.233. The molecule has 0 spiro atoms. The van der Waals surface area contributed by atoms with Gasteiger partial charge in [-0.15, -0.1) is 0 Å². The van der Waals surface area contributed by atoms with Gasteiger partial charge in [-0.1, -0.05) is 18.2 Å². The lowest BCUT2D eigenvalue weighted by Crippen LogP contribution is -2.43. The highest BCUT2D eigenvalue weighted by Crippen LogP contribution is 2.36. The molecule has 1 fully saturated rings. The van der Waals surface area contributed by atoms with Crippen LogP contribution < -0.4 is 9.64 Å². The smallest absolute Gasteiger partial charge is 0.228 e. The van der Waals surface area contributed by atoms with Crippen molar-refractivity contribution in [3.05, 3.63) is 58.7 Å². The van der Waals surface area contributed by atoms with Gasteiger partial charge in [0.2, 0.25) is 5.91 Å². The fraction of sp³-hybridized carbons (Fsp3) is 0.381. The Bertz CT molecular complexity index is 779. The topological polar surface area (TPSA) is 29.5 Å². The summed E-state index contributed by atoms with van der Waals surface area (Å²) in [6, 6.07) is 13.0. The van der Waals surface area contributed by atoms with Gasteiger partial charge in [0, 0.05) is 18.7 Å². The van der Waals surface area contributed by atoms with Crippen molar-refractivity contribution in [3.63, 3.8) is 0 Å². The highest BCUT2D eigenvalue weighted by molar-refractivity contribution is 5.99. The molecule has 2 aromatic rings. The molecule has 1 unspecified atom stereocenters. The van der Waals surface area contributed by atoms with Gasteiger partial charge in [-0.25, -0.2) is 0 Å². The Morgan fingerprint density at radius 2 is 1.96 bits per heavy atom. The second-order valence-corrected chi connectivity index (χ2v) is 7.05. The Morgan fingerprint density at radius 1 is 1.17 bits per heavy atom. The molecule has 1 aliphatic heterocycles. The van der Waals surface area contributed by atoms with Gasteiger partial charge in [-0.2, -0.15) is 0 Å². The molecule has 3 heteroatoms. The predicted octanol–water partition coefficient (Wildman–Crippen LogP) is 3.70. The van der Waals surface area contributed by atoms with Crippen LogP contribution in [0.1, 0.15) is 28.7 Å². The summed E-state index contributed by atoms with van der Waals surface area (Å²) in [4.78, 5) is 13.4. The minimum absolute atomic E-state index is 0.233. The Balaban J connectivity index is 1.46. The van der Waals surface area contributed by atoms with Crippen molar-refractivity contribution >= 4 is 11.6 Å². The van der Waals surface area contributed by atoms with Gasteiger partial charge < -0.3 is 9.64 Å². The summed E-state index contributed by atoms with van der Waals surface area (Å²) in [5.74, 6) is 1.91. The first-order chi connectivity index (χ1) is 11.6. The number of ether oxygens (including phenoxy) is 1. The van der Waals surface area contributed by atoms with Crippen molar-refractivity contribution < 1.29 is 9.53 Å². The molecule has 2 aliphatic rings. The Labute approximate surface area is 143 Å². The van der Waals surface area contributed by atoms with Crippen molar-refractivity contribution in [2.45, 2.75) is 32.6 Å². The third kappa shape index (κ3) is 2.68. The van der Waals surface area contributed by atoms with Gasteiger partial charge in [0.25, 0.3) is 0 Å². The molecule has 1 atom stereocenters. The van der Waals surface area contributed by atoms with Crippen molar-refractivity contribution in [3.8, 4) is 5.75 Å². The second kappa shape index (κ2) is 5.97. The molecular weight excluding hydrogens is 298 g/mol. The molecule has 1 heterocycles. The van der Waals surface area contributed by atoms with Crippen molar-refractivity contribution in [2.24, 2.45) is 5.92 Å². The Hall–Kier alpha value is -2.29. The lowest BCUT2D eigenvalue weighted by Gasteiger charge is -2.30. The number of rotatable bonds is 4. The van der Waals surface area contributed by atoms with Crippen LogP contribution in [0.4, 0.5) is 5.69 Å². The van der Waals surface area contributed by atoms with Crippen LogP contribution in [-0.2, 0) is 24.1 Å². The standard InChI is InChI=1S/C21H23NO2/c1-14-9-17-12-16(13-19(17)20(10-14)24-2)11-15-3-5-18(6-4-15)22-8-7-21(22)23/h3-6,9-10,16H,7-8,11-13H2,1-2H3. The molecule has 1 aliphatic carbocycles. The number of hydrogen-bond donors (Lipinski definition) is 0. The summed E-state index contributed by atoms with van der Waals surface area (Å²) < 4.78 is 5.57. The fourth-order valence-corrected chi connectivity index (χ4v) is 4.00. The van der Waals surface area contributed by atoms with Crippen molar-refractivity contribution in [1.82, 2.24) is 0 Å². The molecule has 124 valence electrons. The molecule has 0 saturated carbocycles. The first-order valence-electron chi connectivity index (χ1n) is 8.69. The molecule has 24 heavy (non-hydrogen) atoms. The van der Waals surface area contributed by atoms with Crippen molar-refractivity contribution in [1.29, 1.82) is 0 Å². The van der Waals surface area contributed by atoms with E-state index in [0.717, 1.165) is 37.2 Å². The summed E-state index contributed by atoms with van der Waals surface area (Å²) in [5, 5.41) is 0. The van der Waals surface area contributed by atoms with E-state index in [0.29, 0.717) is 12.3 Å². The number of β-lactam (4-membered cyclic amide) rings is 1.